The number of aromatic nitrogens is 2. The van der Waals surface area contributed by atoms with Crippen molar-refractivity contribution in [2.24, 2.45) is 0 Å². The van der Waals surface area contributed by atoms with Crippen molar-refractivity contribution in [1.82, 2.24) is 19.2 Å². The van der Waals surface area contributed by atoms with Crippen molar-refractivity contribution in [2.75, 3.05) is 13.1 Å². The molecule has 1 fully saturated rings. The van der Waals surface area contributed by atoms with Crippen LogP contribution in [0.1, 0.15) is 40.4 Å². The van der Waals surface area contributed by atoms with Crippen LogP contribution in [0.3, 0.4) is 0 Å². The van der Waals surface area contributed by atoms with Gasteiger partial charge in [0.25, 0.3) is 11.7 Å². The van der Waals surface area contributed by atoms with Crippen LogP contribution in [0.5, 0.6) is 0 Å². The molecule has 3 aromatic rings. The molecule has 4 rings (SSSR count). The molecule has 0 radical (unpaired) electrons. The number of hydrogen-bond donors (Lipinski definition) is 1. The number of carbonyl (C=O) groups excluding carboxylic acids is 2. The van der Waals surface area contributed by atoms with Gasteiger partial charge < -0.3 is 10.0 Å². The Bertz CT molecular complexity index is 1200. The molecule has 2 aromatic heterocycles. The van der Waals surface area contributed by atoms with Gasteiger partial charge in [-0.3, -0.25) is 14.5 Å². The van der Waals surface area contributed by atoms with Gasteiger partial charge in [0.05, 0.1) is 9.72 Å². The molecule has 3 heterocycles. The van der Waals surface area contributed by atoms with Crippen LogP contribution in [0.15, 0.2) is 36.4 Å². The third-order valence-corrected chi connectivity index (χ3v) is 6.69. The summed E-state index contributed by atoms with van der Waals surface area (Å²) in [5.41, 5.74) is 1.01. The molecular weight excluding hydrogens is 452 g/mol. The van der Waals surface area contributed by atoms with E-state index in [9.17, 15) is 14.4 Å². The summed E-state index contributed by atoms with van der Waals surface area (Å²) >= 11 is 7.27. The number of carboxylic acid groups (broad SMARTS) is 1. The topological polar surface area (TPSA) is 104 Å². The fourth-order valence-corrected chi connectivity index (χ4v) is 4.96. The summed E-state index contributed by atoms with van der Waals surface area (Å²) in [4.78, 5) is 44.7. The van der Waals surface area contributed by atoms with Gasteiger partial charge in [-0.25, -0.2) is 9.78 Å². The first-order valence-corrected chi connectivity index (χ1v) is 11.2. The molecule has 166 valence electrons. The number of piperazine rings is 1. The summed E-state index contributed by atoms with van der Waals surface area (Å²) in [6, 6.07) is 11.7. The summed E-state index contributed by atoms with van der Waals surface area (Å²) in [7, 11) is 0. The van der Waals surface area contributed by atoms with Crippen LogP contribution in [0.25, 0.3) is 10.2 Å². The maximum atomic E-state index is 13.4. The Kier molecular flexibility index (Phi) is 6.23. The molecule has 0 spiro atoms. The second-order valence-corrected chi connectivity index (χ2v) is 9.11. The summed E-state index contributed by atoms with van der Waals surface area (Å²) in [5, 5.41) is 9.17. The number of hydrogen-bond acceptors (Lipinski definition) is 7. The van der Waals surface area contributed by atoms with E-state index in [2.05, 4.69) is 33.3 Å². The highest BCUT2D eigenvalue weighted by molar-refractivity contribution is 7.13. The first-order chi connectivity index (χ1) is 15.3. The second kappa shape index (κ2) is 8.93. The number of halogens is 1. The van der Waals surface area contributed by atoms with Gasteiger partial charge >= 0.3 is 5.97 Å². The molecule has 32 heavy (non-hydrogen) atoms. The molecule has 2 atom stereocenters. The molecular formula is C22H21ClN4O4S. The minimum Gasteiger partial charge on any atom is -0.475 e. The molecule has 1 amide bonds. The van der Waals surface area contributed by atoms with Crippen LogP contribution in [0.2, 0.25) is 5.02 Å². The number of ketones is 1. The van der Waals surface area contributed by atoms with Crippen molar-refractivity contribution in [2.45, 2.75) is 32.5 Å². The predicted octanol–water partition coefficient (Wildman–Crippen LogP) is 3.35. The smallest absolute Gasteiger partial charge is 0.379 e. The monoisotopic (exact) mass is 472 g/mol. The number of pyridine rings is 1. The first-order valence-electron chi connectivity index (χ1n) is 10.1. The number of fused-ring (bicyclic) bond motifs is 1. The quantitative estimate of drug-likeness (QED) is 0.448. The lowest BCUT2D eigenvalue weighted by Crippen LogP contribution is -2.57. The highest BCUT2D eigenvalue weighted by Crippen LogP contribution is 2.29. The number of amides is 1. The minimum absolute atomic E-state index is 0.00522. The molecule has 1 aromatic carbocycles. The van der Waals surface area contributed by atoms with Crippen LogP contribution in [0, 0.1) is 0 Å². The average molecular weight is 473 g/mol. The van der Waals surface area contributed by atoms with Gasteiger partial charge in [0.1, 0.15) is 11.2 Å². The largest absolute Gasteiger partial charge is 0.475 e. The van der Waals surface area contributed by atoms with Crippen molar-refractivity contribution in [1.29, 1.82) is 0 Å². The molecule has 1 aliphatic rings. The van der Waals surface area contributed by atoms with E-state index >= 15 is 0 Å². The molecule has 8 nitrogen and oxygen atoms in total. The molecule has 0 bridgehead atoms. The zero-order valence-corrected chi connectivity index (χ0v) is 19.1. The van der Waals surface area contributed by atoms with E-state index < -0.39 is 11.8 Å². The van der Waals surface area contributed by atoms with Crippen molar-refractivity contribution in [3.63, 3.8) is 0 Å². The SMILES string of the molecule is C[C@@H]1CN(Cc2ccccc2)[C@@H](C)CN1C(=O)c1nc2c(C(=O)C(=O)O)nsc2cc1Cl. The van der Waals surface area contributed by atoms with E-state index in [1.54, 1.807) is 4.90 Å². The average Bonchev–Trinajstić information content (AvgIpc) is 3.17. The van der Waals surface area contributed by atoms with E-state index in [1.807, 2.05) is 25.1 Å². The maximum absolute atomic E-state index is 13.4. The third-order valence-electron chi connectivity index (χ3n) is 5.62. The lowest BCUT2D eigenvalue weighted by Gasteiger charge is -2.44. The Morgan fingerprint density at radius 1 is 1.12 bits per heavy atom. The van der Waals surface area contributed by atoms with Gasteiger partial charge in [-0.05, 0) is 37.0 Å². The fraction of sp³-hybridized carbons (Fsp3) is 0.318. The normalized spacial score (nSPS) is 19.3. The number of nitrogens with zero attached hydrogens (tertiary/aromatic N) is 4. The van der Waals surface area contributed by atoms with Gasteiger partial charge in [-0.15, -0.1) is 0 Å². The number of carbonyl (C=O) groups is 3. The summed E-state index contributed by atoms with van der Waals surface area (Å²) < 4.78 is 4.36. The molecule has 0 unspecified atom stereocenters. The van der Waals surface area contributed by atoms with E-state index in [0.29, 0.717) is 17.8 Å². The summed E-state index contributed by atoms with van der Waals surface area (Å²) in [6.45, 7) is 6.01. The number of Topliss-reactive ketones (excluding diaryl/α,β-unsaturated/α-hetero) is 1. The Balaban J connectivity index is 1.59. The third kappa shape index (κ3) is 4.23. The predicted molar refractivity (Wildman–Crippen MR) is 121 cm³/mol. The van der Waals surface area contributed by atoms with Crippen LogP contribution < -0.4 is 0 Å². The van der Waals surface area contributed by atoms with Crippen molar-refractivity contribution in [3.05, 3.63) is 58.4 Å². The Labute approximate surface area is 193 Å². The van der Waals surface area contributed by atoms with Crippen LogP contribution >= 0.6 is 23.1 Å². The van der Waals surface area contributed by atoms with Crippen LogP contribution in [-0.2, 0) is 11.3 Å². The van der Waals surface area contributed by atoms with E-state index in [4.69, 9.17) is 16.7 Å². The first kappa shape index (κ1) is 22.3. The number of aliphatic carboxylic acids is 1. The highest BCUT2D eigenvalue weighted by Gasteiger charge is 2.34. The van der Waals surface area contributed by atoms with E-state index in [1.165, 1.54) is 11.6 Å². The van der Waals surface area contributed by atoms with Crippen LogP contribution in [0.4, 0.5) is 0 Å². The number of carboxylic acids is 1. The standard InChI is InChI=1S/C22H21ClN4O4S/c1-12-10-27(13(2)9-26(12)11-14-6-4-3-5-7-14)21(29)17-15(23)8-16-18(24-17)19(25-32-16)20(28)22(30)31/h3-8,12-13H,9-11H2,1-2H3,(H,30,31)/t12-,13+/m0/s1. The highest BCUT2D eigenvalue weighted by atomic mass is 35.5. The van der Waals surface area contributed by atoms with Gasteiger partial charge in [0.15, 0.2) is 5.69 Å². The maximum Gasteiger partial charge on any atom is 0.379 e. The fourth-order valence-electron chi connectivity index (χ4n) is 3.91. The van der Waals surface area contributed by atoms with Gasteiger partial charge in [-0.2, -0.15) is 4.37 Å². The van der Waals surface area contributed by atoms with Crippen LogP contribution in [-0.4, -0.2) is 67.1 Å². The molecule has 0 aliphatic carbocycles. The zero-order chi connectivity index (χ0) is 23.0. The van der Waals surface area contributed by atoms with E-state index in [0.717, 1.165) is 18.1 Å². The van der Waals surface area contributed by atoms with Crippen molar-refractivity contribution < 1.29 is 19.5 Å². The van der Waals surface area contributed by atoms with Crippen molar-refractivity contribution >= 4 is 51.0 Å². The Morgan fingerprint density at radius 2 is 1.84 bits per heavy atom. The number of benzene rings is 1. The lowest BCUT2D eigenvalue weighted by molar-refractivity contribution is -0.131. The minimum atomic E-state index is -1.63. The van der Waals surface area contributed by atoms with Gasteiger partial charge in [-0.1, -0.05) is 41.9 Å². The van der Waals surface area contributed by atoms with Gasteiger partial charge in [0, 0.05) is 31.7 Å². The lowest BCUT2D eigenvalue weighted by atomic mass is 10.1. The zero-order valence-electron chi connectivity index (χ0n) is 17.5. The van der Waals surface area contributed by atoms with Gasteiger partial charge in [0.2, 0.25) is 0 Å². The molecule has 1 aliphatic heterocycles. The summed E-state index contributed by atoms with van der Waals surface area (Å²) in [5.74, 6) is -3.14. The Morgan fingerprint density at radius 3 is 2.53 bits per heavy atom. The van der Waals surface area contributed by atoms with Crippen molar-refractivity contribution in [3.8, 4) is 0 Å². The molecule has 10 heteroatoms. The number of rotatable bonds is 5. The Hall–Kier alpha value is -2.88. The molecule has 0 saturated carbocycles. The second-order valence-electron chi connectivity index (χ2n) is 7.90. The van der Waals surface area contributed by atoms with E-state index in [-0.39, 0.29) is 39.9 Å². The molecule has 1 N–H and O–H groups in total. The molecule has 1 saturated heterocycles. The summed E-state index contributed by atoms with van der Waals surface area (Å²) in [6.07, 6.45) is 0.